The molecule has 1 saturated carbocycles. The van der Waals surface area contributed by atoms with E-state index in [1.807, 2.05) is 0 Å². The number of aryl methyl sites for hydroxylation is 1. The van der Waals surface area contributed by atoms with Crippen LogP contribution in [0, 0.1) is 6.92 Å². The largest absolute Gasteiger partial charge is 0.315 e. The minimum Gasteiger partial charge on any atom is -0.315 e. The first kappa shape index (κ1) is 8.56. The van der Waals surface area contributed by atoms with Gasteiger partial charge in [0.2, 0.25) is 0 Å². The first-order chi connectivity index (χ1) is 5.96. The van der Waals surface area contributed by atoms with Crippen molar-refractivity contribution in [1.29, 1.82) is 0 Å². The third-order valence-electron chi connectivity index (χ3n) is 2.37. The van der Waals surface area contributed by atoms with Crippen LogP contribution >= 0.6 is 0 Å². The van der Waals surface area contributed by atoms with Gasteiger partial charge in [-0.25, -0.2) is 8.78 Å². The Balaban J connectivity index is 2.38. The highest BCUT2D eigenvalue weighted by Crippen LogP contribution is 2.56. The number of alkyl halides is 2. The fourth-order valence-corrected chi connectivity index (χ4v) is 1.38. The van der Waals surface area contributed by atoms with Gasteiger partial charge in [0.1, 0.15) is 5.54 Å². The molecule has 1 unspecified atom stereocenters. The molecule has 1 atom stereocenters. The minimum absolute atomic E-state index is 0.289. The average Bonchev–Trinajstić information content (AvgIpc) is 2.53. The molecule has 1 aromatic heterocycles. The summed E-state index contributed by atoms with van der Waals surface area (Å²) >= 11 is 0. The molecular formula is C9H10F2N2. The van der Waals surface area contributed by atoms with E-state index in [1.54, 1.807) is 25.1 Å². The smallest absolute Gasteiger partial charge is 0.273 e. The molecule has 2 N–H and O–H groups in total. The van der Waals surface area contributed by atoms with Crippen molar-refractivity contribution in [2.75, 3.05) is 0 Å². The first-order valence-electron chi connectivity index (χ1n) is 4.06. The molecule has 0 aromatic carbocycles. The van der Waals surface area contributed by atoms with Gasteiger partial charge in [0.05, 0.1) is 5.69 Å². The van der Waals surface area contributed by atoms with Crippen LogP contribution in [0.4, 0.5) is 8.78 Å². The summed E-state index contributed by atoms with van der Waals surface area (Å²) in [6.45, 7) is 1.76. The quantitative estimate of drug-likeness (QED) is 0.719. The van der Waals surface area contributed by atoms with Crippen LogP contribution in [0.2, 0.25) is 0 Å². The van der Waals surface area contributed by atoms with Crippen LogP contribution in [0.5, 0.6) is 0 Å². The second kappa shape index (κ2) is 2.26. The molecule has 0 amide bonds. The zero-order valence-electron chi connectivity index (χ0n) is 7.22. The highest BCUT2D eigenvalue weighted by Gasteiger charge is 2.70. The molecule has 0 radical (unpaired) electrons. The van der Waals surface area contributed by atoms with Crippen LogP contribution in [0.25, 0.3) is 0 Å². The van der Waals surface area contributed by atoms with Crippen molar-refractivity contribution in [3.8, 4) is 0 Å². The van der Waals surface area contributed by atoms with E-state index in [0.717, 1.165) is 0 Å². The van der Waals surface area contributed by atoms with Gasteiger partial charge in [-0.05, 0) is 19.1 Å². The van der Waals surface area contributed by atoms with Crippen LogP contribution in [0.1, 0.15) is 17.8 Å². The lowest BCUT2D eigenvalue weighted by molar-refractivity contribution is 0.0881. The molecule has 1 aliphatic rings. The van der Waals surface area contributed by atoms with Crippen LogP contribution in [0.15, 0.2) is 18.2 Å². The van der Waals surface area contributed by atoms with E-state index in [4.69, 9.17) is 5.73 Å². The summed E-state index contributed by atoms with van der Waals surface area (Å²) in [5.41, 5.74) is 4.99. The molecule has 0 saturated heterocycles. The number of aromatic nitrogens is 1. The van der Waals surface area contributed by atoms with Gasteiger partial charge in [-0.15, -0.1) is 0 Å². The number of hydrogen-bond acceptors (Lipinski definition) is 2. The van der Waals surface area contributed by atoms with Gasteiger partial charge in [-0.1, -0.05) is 6.07 Å². The molecule has 1 aromatic rings. The van der Waals surface area contributed by atoms with Crippen LogP contribution in [-0.2, 0) is 5.54 Å². The fraction of sp³-hybridized carbons (Fsp3) is 0.444. The van der Waals surface area contributed by atoms with E-state index in [2.05, 4.69) is 4.98 Å². The monoisotopic (exact) mass is 184 g/mol. The molecule has 2 rings (SSSR count). The summed E-state index contributed by atoms with van der Waals surface area (Å²) in [4.78, 5) is 4.00. The van der Waals surface area contributed by atoms with Crippen molar-refractivity contribution in [2.24, 2.45) is 5.73 Å². The predicted molar refractivity (Wildman–Crippen MR) is 44.4 cm³/mol. The summed E-state index contributed by atoms with van der Waals surface area (Å²) in [6.07, 6.45) is -0.295. The van der Waals surface area contributed by atoms with Gasteiger partial charge in [0, 0.05) is 12.1 Å². The Kier molecular flexibility index (Phi) is 1.49. The van der Waals surface area contributed by atoms with Crippen molar-refractivity contribution >= 4 is 0 Å². The minimum atomic E-state index is -2.78. The molecule has 0 bridgehead atoms. The van der Waals surface area contributed by atoms with Crippen molar-refractivity contribution in [3.63, 3.8) is 0 Å². The molecule has 1 heterocycles. The van der Waals surface area contributed by atoms with Crippen LogP contribution < -0.4 is 5.73 Å². The topological polar surface area (TPSA) is 38.9 Å². The highest BCUT2D eigenvalue weighted by molar-refractivity contribution is 5.31. The van der Waals surface area contributed by atoms with Gasteiger partial charge in [0.15, 0.2) is 0 Å². The summed E-state index contributed by atoms with van der Waals surface area (Å²) in [6, 6.07) is 5.00. The number of halogens is 2. The van der Waals surface area contributed by atoms with Crippen LogP contribution in [-0.4, -0.2) is 10.9 Å². The Morgan fingerprint density at radius 2 is 2.08 bits per heavy atom. The molecule has 4 heteroatoms. The van der Waals surface area contributed by atoms with Gasteiger partial charge in [-0.3, -0.25) is 4.98 Å². The van der Waals surface area contributed by atoms with Gasteiger partial charge < -0.3 is 5.73 Å². The van der Waals surface area contributed by atoms with Crippen molar-refractivity contribution in [2.45, 2.75) is 24.8 Å². The number of rotatable bonds is 1. The lowest BCUT2D eigenvalue weighted by Gasteiger charge is -2.09. The molecule has 13 heavy (non-hydrogen) atoms. The number of nitrogens with two attached hydrogens (primary N) is 1. The van der Waals surface area contributed by atoms with Crippen molar-refractivity contribution in [1.82, 2.24) is 4.98 Å². The number of hydrogen-bond donors (Lipinski definition) is 1. The Bertz CT molecular complexity index is 351. The van der Waals surface area contributed by atoms with Gasteiger partial charge in [0.25, 0.3) is 5.92 Å². The first-order valence-corrected chi connectivity index (χ1v) is 4.06. The van der Waals surface area contributed by atoms with Crippen LogP contribution in [0.3, 0.4) is 0 Å². The molecule has 70 valence electrons. The summed E-state index contributed by atoms with van der Waals surface area (Å²) in [5, 5.41) is 0. The number of pyridine rings is 1. The van der Waals surface area contributed by atoms with E-state index in [9.17, 15) is 8.78 Å². The Morgan fingerprint density at radius 1 is 1.46 bits per heavy atom. The van der Waals surface area contributed by atoms with Crippen molar-refractivity contribution < 1.29 is 8.78 Å². The normalized spacial score (nSPS) is 30.2. The maximum absolute atomic E-state index is 12.8. The molecule has 1 aliphatic carbocycles. The maximum Gasteiger partial charge on any atom is 0.273 e. The lowest BCUT2D eigenvalue weighted by Crippen LogP contribution is -2.28. The standard InChI is InChI=1S/C9H10F2N2/c1-6-3-2-4-7(13-6)8(12)5-9(8,10)11/h2-4H,5,12H2,1H3. The maximum atomic E-state index is 12.8. The summed E-state index contributed by atoms with van der Waals surface area (Å²) in [5.74, 6) is -2.78. The third kappa shape index (κ3) is 1.13. The second-order valence-electron chi connectivity index (χ2n) is 3.52. The molecule has 0 spiro atoms. The number of nitrogens with zero attached hydrogens (tertiary/aromatic N) is 1. The fourth-order valence-electron chi connectivity index (χ4n) is 1.38. The Morgan fingerprint density at radius 3 is 2.54 bits per heavy atom. The molecule has 1 fully saturated rings. The second-order valence-corrected chi connectivity index (χ2v) is 3.52. The summed E-state index contributed by atoms with van der Waals surface area (Å²) < 4.78 is 25.7. The van der Waals surface area contributed by atoms with E-state index >= 15 is 0 Å². The Labute approximate surface area is 74.8 Å². The summed E-state index contributed by atoms with van der Waals surface area (Å²) in [7, 11) is 0. The zero-order chi connectivity index (χ0) is 9.69. The van der Waals surface area contributed by atoms with E-state index in [1.165, 1.54) is 0 Å². The van der Waals surface area contributed by atoms with Gasteiger partial charge >= 0.3 is 0 Å². The SMILES string of the molecule is Cc1cccc(C2(N)CC2(F)F)n1. The Hall–Kier alpha value is -1.03. The molecule has 0 aliphatic heterocycles. The third-order valence-corrected chi connectivity index (χ3v) is 2.37. The van der Waals surface area contributed by atoms with E-state index in [-0.39, 0.29) is 12.1 Å². The molecular weight excluding hydrogens is 174 g/mol. The predicted octanol–water partition coefficient (Wildman–Crippen LogP) is 1.58. The van der Waals surface area contributed by atoms with Gasteiger partial charge in [-0.2, -0.15) is 0 Å². The lowest BCUT2D eigenvalue weighted by atomic mass is 10.1. The molecule has 2 nitrogen and oxygen atoms in total. The van der Waals surface area contributed by atoms with Crippen molar-refractivity contribution in [3.05, 3.63) is 29.6 Å². The zero-order valence-corrected chi connectivity index (χ0v) is 7.22. The highest BCUT2D eigenvalue weighted by atomic mass is 19.3. The van der Waals surface area contributed by atoms with E-state index in [0.29, 0.717) is 5.69 Å². The van der Waals surface area contributed by atoms with E-state index < -0.39 is 11.5 Å². The average molecular weight is 184 g/mol.